The Kier molecular flexibility index (Phi) is 7.19. The third-order valence-corrected chi connectivity index (χ3v) is 8.02. The van der Waals surface area contributed by atoms with Crippen LogP contribution in [0, 0.1) is 6.92 Å². The molecule has 0 spiro atoms. The molecule has 2 heterocycles. The zero-order valence-corrected chi connectivity index (χ0v) is 18.6. The van der Waals surface area contributed by atoms with Crippen molar-refractivity contribution in [3.05, 3.63) is 29.3 Å². The number of likely N-dealkylation sites (tertiary alicyclic amines) is 2. The molecule has 2 aliphatic heterocycles. The van der Waals surface area contributed by atoms with Gasteiger partial charge in [0.25, 0.3) is 5.91 Å². The van der Waals surface area contributed by atoms with Gasteiger partial charge in [0.05, 0.1) is 18.9 Å². The second kappa shape index (κ2) is 9.45. The van der Waals surface area contributed by atoms with E-state index in [0.717, 1.165) is 25.2 Å². The number of hydrogen-bond donors (Lipinski definition) is 0. The van der Waals surface area contributed by atoms with E-state index in [1.54, 1.807) is 29.3 Å². The first-order valence-electron chi connectivity index (χ1n) is 10.5. The monoisotopic (exact) mass is 423 g/mol. The molecule has 8 heteroatoms. The number of ether oxygens (including phenoxy) is 1. The molecule has 0 radical (unpaired) electrons. The van der Waals surface area contributed by atoms with Crippen LogP contribution in [0.25, 0.3) is 0 Å². The first-order valence-corrected chi connectivity index (χ1v) is 12.1. The molecule has 2 aliphatic rings. The van der Waals surface area contributed by atoms with Crippen molar-refractivity contribution >= 4 is 15.9 Å². The maximum absolute atomic E-state index is 12.9. The van der Waals surface area contributed by atoms with Gasteiger partial charge in [0, 0.05) is 37.3 Å². The molecule has 3 rings (SSSR count). The molecule has 0 bridgehead atoms. The van der Waals surface area contributed by atoms with Gasteiger partial charge in [0.15, 0.2) is 0 Å². The molecular formula is C21H33N3O4S. The summed E-state index contributed by atoms with van der Waals surface area (Å²) >= 11 is 0. The molecular weight excluding hydrogens is 390 g/mol. The second-order valence-corrected chi connectivity index (χ2v) is 10.1. The van der Waals surface area contributed by atoms with E-state index < -0.39 is 10.0 Å². The van der Waals surface area contributed by atoms with Crippen LogP contribution in [0.3, 0.4) is 0 Å². The van der Waals surface area contributed by atoms with E-state index in [-0.39, 0.29) is 17.7 Å². The summed E-state index contributed by atoms with van der Waals surface area (Å²) in [5.41, 5.74) is 1.42. The molecule has 1 amide bonds. The molecule has 1 aromatic rings. The van der Waals surface area contributed by atoms with E-state index >= 15 is 0 Å². The van der Waals surface area contributed by atoms with E-state index in [2.05, 4.69) is 4.90 Å². The fraction of sp³-hybridized carbons (Fsp3) is 0.667. The van der Waals surface area contributed by atoms with Crippen LogP contribution in [0.1, 0.15) is 42.1 Å². The summed E-state index contributed by atoms with van der Waals surface area (Å²) in [6.07, 6.45) is 3.63. The molecule has 0 aromatic heterocycles. The second-order valence-electron chi connectivity index (χ2n) is 7.91. The van der Waals surface area contributed by atoms with Crippen LogP contribution < -0.4 is 4.74 Å². The molecule has 7 nitrogen and oxygen atoms in total. The Balaban J connectivity index is 1.64. The Bertz CT molecular complexity index is 815. The first-order chi connectivity index (χ1) is 13.9. The smallest absolute Gasteiger partial charge is 0.254 e. The highest BCUT2D eigenvalue weighted by Crippen LogP contribution is 2.26. The Morgan fingerprint density at radius 3 is 2.52 bits per heavy atom. The van der Waals surface area contributed by atoms with Gasteiger partial charge in [0.2, 0.25) is 10.0 Å². The lowest BCUT2D eigenvalue weighted by molar-refractivity contribution is 0.0435. The van der Waals surface area contributed by atoms with Crippen molar-refractivity contribution in [1.29, 1.82) is 0 Å². The Hall–Kier alpha value is -1.64. The molecule has 1 aromatic carbocycles. The van der Waals surface area contributed by atoms with Crippen LogP contribution in [0.4, 0.5) is 0 Å². The van der Waals surface area contributed by atoms with Gasteiger partial charge in [-0.1, -0.05) is 12.5 Å². The number of rotatable bonds is 8. The number of nitrogens with zero attached hydrogens (tertiary/aromatic N) is 3. The minimum Gasteiger partial charge on any atom is -0.496 e. The topological polar surface area (TPSA) is 70.2 Å². The molecule has 2 fully saturated rings. The average molecular weight is 424 g/mol. The van der Waals surface area contributed by atoms with Gasteiger partial charge in [-0.2, -0.15) is 4.31 Å². The number of amides is 1. The van der Waals surface area contributed by atoms with Crippen molar-refractivity contribution in [2.75, 3.05) is 52.1 Å². The highest BCUT2D eigenvalue weighted by atomic mass is 32.2. The quantitative estimate of drug-likeness (QED) is 0.639. The zero-order valence-electron chi connectivity index (χ0n) is 17.8. The van der Waals surface area contributed by atoms with Gasteiger partial charge >= 0.3 is 0 Å². The number of hydrogen-bond acceptors (Lipinski definition) is 5. The lowest BCUT2D eigenvalue weighted by Gasteiger charge is -2.45. The van der Waals surface area contributed by atoms with E-state index in [4.69, 9.17) is 4.74 Å². The van der Waals surface area contributed by atoms with Crippen molar-refractivity contribution < 1.29 is 17.9 Å². The van der Waals surface area contributed by atoms with Gasteiger partial charge < -0.3 is 14.5 Å². The number of carbonyl (C=O) groups excluding carboxylic acids is 1. The van der Waals surface area contributed by atoms with E-state index in [1.807, 2.05) is 19.1 Å². The van der Waals surface area contributed by atoms with E-state index in [9.17, 15) is 13.2 Å². The normalized spacial score (nSPS) is 18.7. The fourth-order valence-electron chi connectivity index (χ4n) is 4.18. The van der Waals surface area contributed by atoms with Gasteiger partial charge in [-0.05, 0) is 51.9 Å². The maximum atomic E-state index is 12.9. The number of methoxy groups -OCH3 is 1. The van der Waals surface area contributed by atoms with E-state index in [1.165, 1.54) is 19.3 Å². The van der Waals surface area contributed by atoms with Crippen molar-refractivity contribution in [2.45, 2.75) is 39.2 Å². The van der Waals surface area contributed by atoms with Crippen LogP contribution in [0.5, 0.6) is 5.75 Å². The lowest BCUT2D eigenvalue weighted by Crippen LogP contribution is -2.63. The third-order valence-electron chi connectivity index (χ3n) is 6.10. The van der Waals surface area contributed by atoms with Crippen molar-refractivity contribution in [3.8, 4) is 5.75 Å². The summed E-state index contributed by atoms with van der Waals surface area (Å²) in [5, 5.41) is 0. The summed E-state index contributed by atoms with van der Waals surface area (Å²) < 4.78 is 32.3. The molecule has 0 atom stereocenters. The van der Waals surface area contributed by atoms with Crippen LogP contribution >= 0.6 is 0 Å². The van der Waals surface area contributed by atoms with Crippen LogP contribution in [-0.4, -0.2) is 86.6 Å². The summed E-state index contributed by atoms with van der Waals surface area (Å²) in [7, 11) is -1.72. The summed E-state index contributed by atoms with van der Waals surface area (Å²) in [5.74, 6) is 0.707. The molecule has 0 unspecified atom stereocenters. The minimum atomic E-state index is -3.31. The largest absolute Gasteiger partial charge is 0.496 e. The number of piperidine rings is 1. The zero-order chi connectivity index (χ0) is 21.0. The molecule has 0 saturated carbocycles. The Labute approximate surface area is 174 Å². The van der Waals surface area contributed by atoms with Gasteiger partial charge in [-0.15, -0.1) is 0 Å². The molecule has 0 N–H and O–H groups in total. The van der Waals surface area contributed by atoms with Crippen LogP contribution in [0.2, 0.25) is 0 Å². The minimum absolute atomic E-state index is 0.0671. The summed E-state index contributed by atoms with van der Waals surface area (Å²) in [6, 6.07) is 5.30. The predicted molar refractivity (Wildman–Crippen MR) is 114 cm³/mol. The molecule has 162 valence electrons. The lowest BCUT2D eigenvalue weighted by atomic mass is 10.0. The molecule has 2 saturated heterocycles. The standard InChI is InChI=1S/C21H33N3O4S/c1-4-29(26,27)24(14-13-22-11-6-5-7-12-22)18-15-23(16-18)21(25)19-9-8-10-20(28-3)17(19)2/h8-10,18H,4-7,11-16H2,1-3H3. The SMILES string of the molecule is CCS(=O)(=O)N(CCN1CCCCC1)C1CN(C(=O)c2cccc(OC)c2C)C1. The summed E-state index contributed by atoms with van der Waals surface area (Å²) in [4.78, 5) is 17.0. The number of benzene rings is 1. The average Bonchev–Trinajstić information content (AvgIpc) is 2.69. The number of carbonyl (C=O) groups is 1. The van der Waals surface area contributed by atoms with Crippen LogP contribution in [-0.2, 0) is 10.0 Å². The van der Waals surface area contributed by atoms with Crippen LogP contribution in [0.15, 0.2) is 18.2 Å². The van der Waals surface area contributed by atoms with Gasteiger partial charge in [-0.25, -0.2) is 8.42 Å². The number of sulfonamides is 1. The molecule has 0 aliphatic carbocycles. The Morgan fingerprint density at radius 2 is 1.90 bits per heavy atom. The fourth-order valence-corrected chi connectivity index (χ4v) is 5.46. The summed E-state index contributed by atoms with van der Waals surface area (Å²) in [6.45, 7) is 7.79. The first kappa shape index (κ1) is 22.1. The third kappa shape index (κ3) is 4.92. The van der Waals surface area contributed by atoms with Gasteiger partial charge in [0.1, 0.15) is 5.75 Å². The van der Waals surface area contributed by atoms with Crippen molar-refractivity contribution in [2.24, 2.45) is 0 Å². The highest BCUT2D eigenvalue weighted by Gasteiger charge is 2.40. The maximum Gasteiger partial charge on any atom is 0.254 e. The highest BCUT2D eigenvalue weighted by molar-refractivity contribution is 7.89. The molecule has 29 heavy (non-hydrogen) atoms. The Morgan fingerprint density at radius 1 is 1.21 bits per heavy atom. The van der Waals surface area contributed by atoms with E-state index in [0.29, 0.717) is 30.9 Å². The van der Waals surface area contributed by atoms with Crippen molar-refractivity contribution in [1.82, 2.24) is 14.1 Å². The predicted octanol–water partition coefficient (Wildman–Crippen LogP) is 1.97. The van der Waals surface area contributed by atoms with Gasteiger partial charge in [-0.3, -0.25) is 4.79 Å². The van der Waals surface area contributed by atoms with Crippen molar-refractivity contribution in [3.63, 3.8) is 0 Å².